The molecule has 1 aromatic heterocycles. The molecule has 4 rings (SSSR count). The fourth-order valence-electron chi connectivity index (χ4n) is 2.82. The first-order valence-corrected chi connectivity index (χ1v) is 9.23. The molecule has 24 heavy (non-hydrogen) atoms. The zero-order valence-electron chi connectivity index (χ0n) is 13.4. The molecule has 5 nitrogen and oxygen atoms in total. The maximum absolute atomic E-state index is 12.4. The third-order valence-electron chi connectivity index (χ3n) is 4.39. The lowest BCUT2D eigenvalue weighted by Gasteiger charge is -2.11. The normalized spacial score (nSPS) is 20.1. The first-order chi connectivity index (χ1) is 11.8. The van der Waals surface area contributed by atoms with E-state index in [2.05, 4.69) is 10.3 Å². The van der Waals surface area contributed by atoms with Gasteiger partial charge in [-0.05, 0) is 43.5 Å². The highest BCUT2D eigenvalue weighted by Gasteiger charge is 2.30. The molecule has 0 radical (unpaired) electrons. The molecule has 0 bridgehead atoms. The molecule has 0 spiro atoms. The van der Waals surface area contributed by atoms with Crippen molar-refractivity contribution in [2.45, 2.75) is 25.2 Å². The van der Waals surface area contributed by atoms with E-state index in [1.165, 1.54) is 11.3 Å². The van der Waals surface area contributed by atoms with Crippen LogP contribution in [0.2, 0.25) is 0 Å². The summed E-state index contributed by atoms with van der Waals surface area (Å²) in [6.45, 7) is 2.29. The van der Waals surface area contributed by atoms with E-state index in [-0.39, 0.29) is 5.91 Å². The average Bonchev–Trinajstić information content (AvgIpc) is 3.11. The molecule has 1 atom stereocenters. The topological polar surface area (TPSA) is 60.5 Å². The SMILES string of the molecule is O=C(Nc1ccc(OC[C@H]2CCOC2)cc1)c1scnc1C1CC1. The summed E-state index contributed by atoms with van der Waals surface area (Å²) in [6, 6.07) is 7.52. The molecule has 1 saturated carbocycles. The summed E-state index contributed by atoms with van der Waals surface area (Å²) < 4.78 is 11.1. The molecule has 2 aromatic rings. The summed E-state index contributed by atoms with van der Waals surface area (Å²) in [5.41, 5.74) is 3.48. The molecule has 1 aromatic carbocycles. The maximum atomic E-state index is 12.4. The minimum absolute atomic E-state index is 0.0730. The second-order valence-corrected chi connectivity index (χ2v) is 7.21. The fraction of sp³-hybridized carbons (Fsp3) is 0.444. The quantitative estimate of drug-likeness (QED) is 0.868. The Kier molecular flexibility index (Phi) is 4.49. The Hall–Kier alpha value is -1.92. The van der Waals surface area contributed by atoms with Crippen LogP contribution in [0.25, 0.3) is 0 Å². The van der Waals surface area contributed by atoms with Gasteiger partial charge in [0.05, 0.1) is 24.4 Å². The molecule has 126 valence electrons. The molecule has 1 aliphatic heterocycles. The van der Waals surface area contributed by atoms with Crippen molar-refractivity contribution in [1.29, 1.82) is 0 Å². The van der Waals surface area contributed by atoms with Crippen LogP contribution < -0.4 is 10.1 Å². The van der Waals surface area contributed by atoms with Crippen molar-refractivity contribution < 1.29 is 14.3 Å². The molecule has 1 saturated heterocycles. The number of carbonyl (C=O) groups is 1. The second kappa shape index (κ2) is 6.91. The largest absolute Gasteiger partial charge is 0.493 e. The Bertz CT molecular complexity index is 703. The van der Waals surface area contributed by atoms with Gasteiger partial charge in [0.2, 0.25) is 0 Å². The van der Waals surface area contributed by atoms with Gasteiger partial charge in [0.1, 0.15) is 10.6 Å². The lowest BCUT2D eigenvalue weighted by Crippen LogP contribution is -2.13. The molecule has 2 heterocycles. The number of benzene rings is 1. The molecular formula is C18H20N2O3S. The van der Waals surface area contributed by atoms with Crippen molar-refractivity contribution in [2.24, 2.45) is 5.92 Å². The highest BCUT2D eigenvalue weighted by Crippen LogP contribution is 2.41. The van der Waals surface area contributed by atoms with E-state index < -0.39 is 0 Å². The third-order valence-corrected chi connectivity index (χ3v) is 5.23. The summed E-state index contributed by atoms with van der Waals surface area (Å²) in [5, 5.41) is 2.95. The third kappa shape index (κ3) is 3.60. The Labute approximate surface area is 145 Å². The standard InChI is InChI=1S/C18H20N2O3S/c21-18(17-16(13-1-2-13)19-11-24-17)20-14-3-5-15(6-4-14)23-10-12-7-8-22-9-12/h3-6,11-13H,1-2,7-10H2,(H,20,21)/t12-/m0/s1. The van der Waals surface area contributed by atoms with Gasteiger partial charge in [0.25, 0.3) is 5.91 Å². The molecule has 1 N–H and O–H groups in total. The number of aromatic nitrogens is 1. The first kappa shape index (κ1) is 15.6. The van der Waals surface area contributed by atoms with E-state index in [0.29, 0.717) is 18.4 Å². The van der Waals surface area contributed by atoms with Gasteiger partial charge in [-0.2, -0.15) is 0 Å². The molecule has 6 heteroatoms. The smallest absolute Gasteiger partial charge is 0.267 e. The summed E-state index contributed by atoms with van der Waals surface area (Å²) in [4.78, 5) is 17.5. The molecular weight excluding hydrogens is 324 g/mol. The van der Waals surface area contributed by atoms with Crippen molar-refractivity contribution in [3.63, 3.8) is 0 Å². The van der Waals surface area contributed by atoms with E-state index in [1.54, 1.807) is 5.51 Å². The van der Waals surface area contributed by atoms with E-state index in [1.807, 2.05) is 24.3 Å². The van der Waals surface area contributed by atoms with Crippen LogP contribution >= 0.6 is 11.3 Å². The lowest BCUT2D eigenvalue weighted by molar-refractivity contribution is 0.102. The minimum Gasteiger partial charge on any atom is -0.493 e. The summed E-state index contributed by atoms with van der Waals surface area (Å²) in [7, 11) is 0. The van der Waals surface area contributed by atoms with Crippen LogP contribution in [0.5, 0.6) is 5.75 Å². The highest BCUT2D eigenvalue weighted by molar-refractivity contribution is 7.12. The van der Waals surface area contributed by atoms with Crippen molar-refractivity contribution in [2.75, 3.05) is 25.1 Å². The highest BCUT2D eigenvalue weighted by atomic mass is 32.1. The number of amides is 1. The monoisotopic (exact) mass is 344 g/mol. The van der Waals surface area contributed by atoms with E-state index in [4.69, 9.17) is 9.47 Å². The van der Waals surface area contributed by atoms with Crippen LogP contribution in [0, 0.1) is 5.92 Å². The van der Waals surface area contributed by atoms with E-state index >= 15 is 0 Å². The Balaban J connectivity index is 1.34. The zero-order valence-corrected chi connectivity index (χ0v) is 14.2. The number of carbonyl (C=O) groups excluding carboxylic acids is 1. The number of nitrogens with zero attached hydrogens (tertiary/aromatic N) is 1. The second-order valence-electron chi connectivity index (χ2n) is 6.36. The van der Waals surface area contributed by atoms with Crippen LogP contribution in [0.15, 0.2) is 29.8 Å². The van der Waals surface area contributed by atoms with Crippen molar-refractivity contribution in [1.82, 2.24) is 4.98 Å². The number of ether oxygens (including phenoxy) is 2. The van der Waals surface area contributed by atoms with Gasteiger partial charge in [-0.15, -0.1) is 11.3 Å². The lowest BCUT2D eigenvalue weighted by atomic mass is 10.1. The number of hydrogen-bond donors (Lipinski definition) is 1. The van der Waals surface area contributed by atoms with E-state index in [0.717, 1.165) is 54.5 Å². The van der Waals surface area contributed by atoms with Crippen LogP contribution in [0.4, 0.5) is 5.69 Å². The predicted molar refractivity (Wildman–Crippen MR) is 92.9 cm³/mol. The van der Waals surface area contributed by atoms with Gasteiger partial charge < -0.3 is 14.8 Å². The van der Waals surface area contributed by atoms with Crippen molar-refractivity contribution in [3.05, 3.63) is 40.3 Å². The van der Waals surface area contributed by atoms with Crippen molar-refractivity contribution in [3.8, 4) is 5.75 Å². The van der Waals surface area contributed by atoms with E-state index in [9.17, 15) is 4.79 Å². The summed E-state index contributed by atoms with van der Waals surface area (Å²) >= 11 is 1.41. The summed E-state index contributed by atoms with van der Waals surface area (Å²) in [6.07, 6.45) is 3.34. The molecule has 2 fully saturated rings. The Morgan fingerprint density at radius 3 is 2.83 bits per heavy atom. The average molecular weight is 344 g/mol. The summed E-state index contributed by atoms with van der Waals surface area (Å²) in [5.74, 6) is 1.71. The van der Waals surface area contributed by atoms with Crippen LogP contribution in [0.1, 0.15) is 40.5 Å². The Morgan fingerprint density at radius 1 is 1.29 bits per heavy atom. The van der Waals surface area contributed by atoms with Gasteiger partial charge in [-0.3, -0.25) is 4.79 Å². The number of hydrogen-bond acceptors (Lipinski definition) is 5. The van der Waals surface area contributed by atoms with Gasteiger partial charge in [0, 0.05) is 24.1 Å². The Morgan fingerprint density at radius 2 is 2.12 bits per heavy atom. The predicted octanol–water partition coefficient (Wildman–Crippen LogP) is 3.69. The maximum Gasteiger partial charge on any atom is 0.267 e. The number of rotatable bonds is 6. The van der Waals surface area contributed by atoms with Gasteiger partial charge >= 0.3 is 0 Å². The van der Waals surface area contributed by atoms with Crippen LogP contribution in [-0.2, 0) is 4.74 Å². The number of nitrogens with one attached hydrogen (secondary N) is 1. The first-order valence-electron chi connectivity index (χ1n) is 8.35. The van der Waals surface area contributed by atoms with Gasteiger partial charge in [0.15, 0.2) is 0 Å². The van der Waals surface area contributed by atoms with Crippen LogP contribution in [-0.4, -0.2) is 30.7 Å². The minimum atomic E-state index is -0.0730. The molecule has 0 unspecified atom stereocenters. The van der Waals surface area contributed by atoms with Crippen molar-refractivity contribution >= 4 is 22.9 Å². The van der Waals surface area contributed by atoms with Crippen LogP contribution in [0.3, 0.4) is 0 Å². The molecule has 2 aliphatic rings. The number of thiazole rings is 1. The van der Waals surface area contributed by atoms with Gasteiger partial charge in [-0.1, -0.05) is 0 Å². The zero-order chi connectivity index (χ0) is 16.4. The molecule has 1 aliphatic carbocycles. The fourth-order valence-corrected chi connectivity index (χ4v) is 3.59. The van der Waals surface area contributed by atoms with Gasteiger partial charge in [-0.25, -0.2) is 4.98 Å². The molecule has 1 amide bonds. The number of anilines is 1.